The minimum Gasteiger partial charge on any atom is -0.366 e. The number of primary amides is 1. The van der Waals surface area contributed by atoms with E-state index in [1.807, 2.05) is 30.3 Å². The quantitative estimate of drug-likeness (QED) is 0.865. The summed E-state index contributed by atoms with van der Waals surface area (Å²) in [5.41, 5.74) is 9.38. The average Bonchev–Trinajstić information content (AvgIpc) is 2.45. The molecule has 1 amide bonds. The van der Waals surface area contributed by atoms with E-state index in [1.54, 1.807) is 6.07 Å². The zero-order chi connectivity index (χ0) is 13.7. The van der Waals surface area contributed by atoms with E-state index < -0.39 is 0 Å². The van der Waals surface area contributed by atoms with Crippen molar-refractivity contribution < 1.29 is 4.79 Å². The standard InChI is InChI=1S/C17H19NO/c1-2-3-8-13-9-4-5-10-14(13)15-11-6-7-12-16(15)17(18)19/h4-7,9-12H,2-3,8H2,1H3,(H2,18,19). The van der Waals surface area contributed by atoms with Crippen molar-refractivity contribution in [2.75, 3.05) is 0 Å². The highest BCUT2D eigenvalue weighted by Gasteiger charge is 2.11. The summed E-state index contributed by atoms with van der Waals surface area (Å²) in [7, 11) is 0. The van der Waals surface area contributed by atoms with Gasteiger partial charge in [0.05, 0.1) is 0 Å². The molecule has 0 aliphatic carbocycles. The first-order valence-corrected chi connectivity index (χ1v) is 6.71. The number of aryl methyl sites for hydroxylation is 1. The SMILES string of the molecule is CCCCc1ccccc1-c1ccccc1C(N)=O. The number of unbranched alkanes of at least 4 members (excludes halogenated alkanes) is 1. The highest BCUT2D eigenvalue weighted by Crippen LogP contribution is 2.28. The monoisotopic (exact) mass is 253 g/mol. The molecule has 0 saturated carbocycles. The molecule has 2 heteroatoms. The molecule has 0 spiro atoms. The van der Waals surface area contributed by atoms with Gasteiger partial charge in [0.25, 0.3) is 0 Å². The summed E-state index contributed by atoms with van der Waals surface area (Å²) in [6.07, 6.45) is 3.33. The first kappa shape index (κ1) is 13.3. The number of carbonyl (C=O) groups excluding carboxylic acids is 1. The molecule has 2 rings (SSSR count). The van der Waals surface area contributed by atoms with E-state index in [1.165, 1.54) is 5.56 Å². The Hall–Kier alpha value is -2.09. The smallest absolute Gasteiger partial charge is 0.249 e. The predicted octanol–water partition coefficient (Wildman–Crippen LogP) is 3.80. The van der Waals surface area contributed by atoms with Crippen molar-refractivity contribution in [2.24, 2.45) is 5.73 Å². The van der Waals surface area contributed by atoms with E-state index in [9.17, 15) is 4.79 Å². The van der Waals surface area contributed by atoms with Gasteiger partial charge in [-0.15, -0.1) is 0 Å². The summed E-state index contributed by atoms with van der Waals surface area (Å²) in [4.78, 5) is 11.5. The fraction of sp³-hybridized carbons (Fsp3) is 0.235. The summed E-state index contributed by atoms with van der Waals surface area (Å²) in [6, 6.07) is 15.8. The number of benzene rings is 2. The third-order valence-electron chi connectivity index (χ3n) is 3.30. The van der Waals surface area contributed by atoms with E-state index in [2.05, 4.69) is 19.1 Å². The lowest BCUT2D eigenvalue weighted by atomic mass is 9.93. The van der Waals surface area contributed by atoms with Crippen LogP contribution in [0.2, 0.25) is 0 Å². The summed E-state index contributed by atoms with van der Waals surface area (Å²) < 4.78 is 0. The summed E-state index contributed by atoms with van der Waals surface area (Å²) in [6.45, 7) is 2.18. The highest BCUT2D eigenvalue weighted by atomic mass is 16.1. The molecule has 98 valence electrons. The van der Waals surface area contributed by atoms with E-state index in [-0.39, 0.29) is 5.91 Å². The fourth-order valence-electron chi connectivity index (χ4n) is 2.30. The van der Waals surface area contributed by atoms with Gasteiger partial charge in [0, 0.05) is 5.56 Å². The topological polar surface area (TPSA) is 43.1 Å². The number of hydrogen-bond donors (Lipinski definition) is 1. The number of rotatable bonds is 5. The molecule has 2 aromatic carbocycles. The Bertz CT molecular complexity index is 575. The molecule has 2 nitrogen and oxygen atoms in total. The van der Waals surface area contributed by atoms with Gasteiger partial charge in [-0.05, 0) is 35.6 Å². The Morgan fingerprint density at radius 3 is 2.32 bits per heavy atom. The lowest BCUT2D eigenvalue weighted by molar-refractivity contribution is 0.100. The van der Waals surface area contributed by atoms with Gasteiger partial charge in [0.15, 0.2) is 0 Å². The van der Waals surface area contributed by atoms with Gasteiger partial charge in [-0.25, -0.2) is 0 Å². The molecule has 2 N–H and O–H groups in total. The van der Waals surface area contributed by atoms with Crippen LogP contribution in [-0.2, 0) is 6.42 Å². The van der Waals surface area contributed by atoms with Gasteiger partial charge in [-0.2, -0.15) is 0 Å². The third-order valence-corrected chi connectivity index (χ3v) is 3.30. The van der Waals surface area contributed by atoms with Crippen molar-refractivity contribution >= 4 is 5.91 Å². The van der Waals surface area contributed by atoms with E-state index in [0.29, 0.717) is 5.56 Å². The zero-order valence-electron chi connectivity index (χ0n) is 11.2. The summed E-state index contributed by atoms with van der Waals surface area (Å²) in [5.74, 6) is -0.374. The second-order valence-electron chi connectivity index (χ2n) is 4.67. The van der Waals surface area contributed by atoms with Crippen LogP contribution in [0.5, 0.6) is 0 Å². The van der Waals surface area contributed by atoms with Crippen molar-refractivity contribution in [3.8, 4) is 11.1 Å². The van der Waals surface area contributed by atoms with Crippen LogP contribution in [-0.4, -0.2) is 5.91 Å². The van der Waals surface area contributed by atoms with Crippen molar-refractivity contribution in [3.05, 3.63) is 59.7 Å². The van der Waals surface area contributed by atoms with Crippen molar-refractivity contribution in [1.82, 2.24) is 0 Å². The maximum atomic E-state index is 11.5. The molecule has 0 heterocycles. The molecule has 2 aromatic rings. The van der Waals surface area contributed by atoms with Crippen LogP contribution in [0.1, 0.15) is 35.7 Å². The lowest BCUT2D eigenvalue weighted by Gasteiger charge is -2.12. The Morgan fingerprint density at radius 2 is 1.63 bits per heavy atom. The average molecular weight is 253 g/mol. The summed E-state index contributed by atoms with van der Waals surface area (Å²) in [5, 5.41) is 0. The fourth-order valence-corrected chi connectivity index (χ4v) is 2.30. The first-order chi connectivity index (χ1) is 9.24. The second kappa shape index (κ2) is 6.19. The van der Waals surface area contributed by atoms with E-state index in [0.717, 1.165) is 30.4 Å². The highest BCUT2D eigenvalue weighted by molar-refractivity contribution is 6.00. The minimum absolute atomic E-state index is 0.374. The third kappa shape index (κ3) is 3.02. The summed E-state index contributed by atoms with van der Waals surface area (Å²) >= 11 is 0. The molecular weight excluding hydrogens is 234 g/mol. The molecule has 19 heavy (non-hydrogen) atoms. The molecule has 0 bridgehead atoms. The Kier molecular flexibility index (Phi) is 4.35. The zero-order valence-corrected chi connectivity index (χ0v) is 11.2. The van der Waals surface area contributed by atoms with Crippen LogP contribution in [0.4, 0.5) is 0 Å². The van der Waals surface area contributed by atoms with Crippen LogP contribution < -0.4 is 5.73 Å². The van der Waals surface area contributed by atoms with Gasteiger partial charge in [0.1, 0.15) is 0 Å². The van der Waals surface area contributed by atoms with Crippen LogP contribution in [0.15, 0.2) is 48.5 Å². The Balaban J connectivity index is 2.50. The van der Waals surface area contributed by atoms with Crippen molar-refractivity contribution in [1.29, 1.82) is 0 Å². The van der Waals surface area contributed by atoms with Gasteiger partial charge < -0.3 is 5.73 Å². The molecule has 0 unspecified atom stereocenters. The largest absolute Gasteiger partial charge is 0.366 e. The molecule has 0 aromatic heterocycles. The van der Waals surface area contributed by atoms with Crippen molar-refractivity contribution in [3.63, 3.8) is 0 Å². The molecule has 0 atom stereocenters. The molecule has 0 radical (unpaired) electrons. The molecule has 0 fully saturated rings. The lowest BCUT2D eigenvalue weighted by Crippen LogP contribution is -2.12. The van der Waals surface area contributed by atoms with Crippen molar-refractivity contribution in [2.45, 2.75) is 26.2 Å². The van der Waals surface area contributed by atoms with Gasteiger partial charge in [0.2, 0.25) is 5.91 Å². The van der Waals surface area contributed by atoms with Gasteiger partial charge >= 0.3 is 0 Å². The molecule has 0 aliphatic heterocycles. The van der Waals surface area contributed by atoms with E-state index >= 15 is 0 Å². The first-order valence-electron chi connectivity index (χ1n) is 6.71. The van der Waals surface area contributed by atoms with Crippen LogP contribution in [0.3, 0.4) is 0 Å². The second-order valence-corrected chi connectivity index (χ2v) is 4.67. The van der Waals surface area contributed by atoms with Gasteiger partial charge in [-0.1, -0.05) is 55.8 Å². The Labute approximate surface area is 114 Å². The normalized spacial score (nSPS) is 10.4. The number of carbonyl (C=O) groups is 1. The van der Waals surface area contributed by atoms with Crippen LogP contribution in [0.25, 0.3) is 11.1 Å². The number of nitrogens with two attached hydrogens (primary N) is 1. The molecule has 0 aliphatic rings. The molecular formula is C17H19NO. The minimum atomic E-state index is -0.374. The molecule has 0 saturated heterocycles. The maximum absolute atomic E-state index is 11.5. The van der Waals surface area contributed by atoms with Crippen LogP contribution >= 0.6 is 0 Å². The van der Waals surface area contributed by atoms with E-state index in [4.69, 9.17) is 5.73 Å². The maximum Gasteiger partial charge on any atom is 0.249 e. The number of hydrogen-bond acceptors (Lipinski definition) is 1. The van der Waals surface area contributed by atoms with Gasteiger partial charge in [-0.3, -0.25) is 4.79 Å². The number of amides is 1. The predicted molar refractivity (Wildman–Crippen MR) is 79.0 cm³/mol. The van der Waals surface area contributed by atoms with Crippen LogP contribution in [0, 0.1) is 0 Å². The Morgan fingerprint density at radius 1 is 1.00 bits per heavy atom.